The average Bonchev–Trinajstić information content (AvgIpc) is 2.74. The third-order valence-corrected chi connectivity index (χ3v) is 6.12. The van der Waals surface area contributed by atoms with E-state index in [1.54, 1.807) is 7.11 Å². The molecule has 33 heavy (non-hydrogen) atoms. The minimum atomic E-state index is 0.0278. The normalized spacial score (nSPS) is 23.1. The number of allylic oxidation sites excluding steroid dienone is 6. The van der Waals surface area contributed by atoms with Crippen molar-refractivity contribution in [2.24, 2.45) is 5.41 Å². The van der Waals surface area contributed by atoms with Gasteiger partial charge in [0.25, 0.3) is 0 Å². The molecule has 180 valence electrons. The van der Waals surface area contributed by atoms with Gasteiger partial charge in [-0.05, 0) is 28.7 Å². The Kier molecular flexibility index (Phi) is 7.92. The molecule has 0 aromatic carbocycles. The predicted molar refractivity (Wildman–Crippen MR) is 132 cm³/mol. The molecule has 1 aliphatic carbocycles. The van der Waals surface area contributed by atoms with Gasteiger partial charge in [-0.15, -0.1) is 0 Å². The molecule has 1 atom stereocenters. The topological polar surface area (TPSA) is 54.4 Å². The van der Waals surface area contributed by atoms with Crippen LogP contribution in [-0.4, -0.2) is 68.1 Å². The summed E-state index contributed by atoms with van der Waals surface area (Å²) in [5.41, 5.74) is 4.89. The molecule has 0 spiro atoms. The second-order valence-corrected chi connectivity index (χ2v) is 9.71. The second kappa shape index (κ2) is 10.5. The van der Waals surface area contributed by atoms with Crippen molar-refractivity contribution < 1.29 is 19.3 Å². The Bertz CT molecular complexity index is 930. The van der Waals surface area contributed by atoms with E-state index < -0.39 is 0 Å². The minimum Gasteiger partial charge on any atom is -0.508 e. The van der Waals surface area contributed by atoms with Crippen LogP contribution in [0.1, 0.15) is 27.2 Å². The van der Waals surface area contributed by atoms with Gasteiger partial charge in [-0.3, -0.25) is 0 Å². The zero-order valence-corrected chi connectivity index (χ0v) is 20.7. The Hall–Kier alpha value is -2.70. The molecule has 0 amide bonds. The van der Waals surface area contributed by atoms with Crippen LogP contribution in [0, 0.1) is 5.41 Å². The standard InChI is InChI=1S/C27H38N2O4/c1-19-15-24-26(21-9-8-10-22(16-21)33-14-13-32-12-11-31-7)28(6)18-25(27(3,4)5)29(24)17-23(19)20(2)30/h8-10,15,17,25,30H,1-2,11-14,16,18H2,3-7H3/b26-21-. The summed E-state index contributed by atoms with van der Waals surface area (Å²) in [6, 6.07) is 0.226. The lowest BCUT2D eigenvalue weighted by Gasteiger charge is -2.51. The molecule has 1 saturated heterocycles. The fourth-order valence-corrected chi connectivity index (χ4v) is 4.37. The number of rotatable bonds is 8. The fourth-order valence-electron chi connectivity index (χ4n) is 4.37. The Morgan fingerprint density at radius 2 is 1.94 bits per heavy atom. The zero-order chi connectivity index (χ0) is 24.2. The molecule has 1 N–H and O–H groups in total. The smallest absolute Gasteiger partial charge is 0.117 e. The van der Waals surface area contributed by atoms with Crippen LogP contribution in [-0.2, 0) is 14.2 Å². The molecule has 1 fully saturated rings. The molecule has 6 nitrogen and oxygen atoms in total. The molecule has 1 unspecified atom stereocenters. The number of methoxy groups -OCH3 is 1. The molecule has 3 aliphatic rings. The second-order valence-electron chi connectivity index (χ2n) is 9.71. The van der Waals surface area contributed by atoms with E-state index in [1.165, 1.54) is 5.57 Å². The van der Waals surface area contributed by atoms with Gasteiger partial charge >= 0.3 is 0 Å². The Morgan fingerprint density at radius 1 is 1.21 bits per heavy atom. The predicted octanol–water partition coefficient (Wildman–Crippen LogP) is 4.84. The van der Waals surface area contributed by atoms with Gasteiger partial charge in [-0.25, -0.2) is 0 Å². The quantitative estimate of drug-likeness (QED) is 0.419. The first-order valence-electron chi connectivity index (χ1n) is 11.4. The maximum atomic E-state index is 10.1. The summed E-state index contributed by atoms with van der Waals surface area (Å²) in [6.07, 6.45) is 11.0. The average molecular weight is 455 g/mol. The summed E-state index contributed by atoms with van der Waals surface area (Å²) in [4.78, 5) is 4.61. The van der Waals surface area contributed by atoms with Gasteiger partial charge in [0.2, 0.25) is 0 Å². The van der Waals surface area contributed by atoms with Gasteiger partial charge in [0.1, 0.15) is 18.1 Å². The molecule has 6 heteroatoms. The molecule has 0 saturated carbocycles. The van der Waals surface area contributed by atoms with Crippen LogP contribution in [0.3, 0.4) is 0 Å². The number of fused-ring (bicyclic) bond motifs is 1. The molecule has 3 rings (SSSR count). The largest absolute Gasteiger partial charge is 0.508 e. The number of hydrogen-bond acceptors (Lipinski definition) is 6. The summed E-state index contributed by atoms with van der Waals surface area (Å²) in [6.45, 7) is 17.7. The monoisotopic (exact) mass is 454 g/mol. The van der Waals surface area contributed by atoms with Crippen LogP contribution in [0.25, 0.3) is 0 Å². The summed E-state index contributed by atoms with van der Waals surface area (Å²) < 4.78 is 16.5. The van der Waals surface area contributed by atoms with Crippen molar-refractivity contribution in [3.63, 3.8) is 0 Å². The first kappa shape index (κ1) is 24.9. The van der Waals surface area contributed by atoms with Crippen LogP contribution >= 0.6 is 0 Å². The SMILES string of the molecule is C=C(O)C1=CN2C(=CC1=C)/C(=C1\C=CC=C(OCCOCCOC)C1)N(C)CC2C(C)(C)C. The highest BCUT2D eigenvalue weighted by molar-refractivity contribution is 5.57. The number of likely N-dealkylation sites (N-methyl/N-ethyl adjacent to an activating group) is 1. The summed E-state index contributed by atoms with van der Waals surface area (Å²) in [5.74, 6) is 0.962. The van der Waals surface area contributed by atoms with E-state index in [4.69, 9.17) is 14.2 Å². The molecular weight excluding hydrogens is 416 g/mol. The van der Waals surface area contributed by atoms with Crippen LogP contribution in [0.2, 0.25) is 0 Å². The van der Waals surface area contributed by atoms with E-state index in [2.05, 4.69) is 62.9 Å². The van der Waals surface area contributed by atoms with E-state index in [1.807, 2.05) is 18.4 Å². The summed E-state index contributed by atoms with van der Waals surface area (Å²) >= 11 is 0. The van der Waals surface area contributed by atoms with E-state index in [9.17, 15) is 5.11 Å². The van der Waals surface area contributed by atoms with E-state index in [-0.39, 0.29) is 17.2 Å². The summed E-state index contributed by atoms with van der Waals surface area (Å²) in [5, 5.41) is 10.1. The van der Waals surface area contributed by atoms with Crippen LogP contribution < -0.4 is 0 Å². The van der Waals surface area contributed by atoms with Crippen molar-refractivity contribution in [3.05, 3.63) is 83.3 Å². The molecule has 0 aromatic rings. The molecule has 0 radical (unpaired) electrons. The molecular formula is C27H38N2O4. The summed E-state index contributed by atoms with van der Waals surface area (Å²) in [7, 11) is 3.80. The van der Waals surface area contributed by atoms with Crippen molar-refractivity contribution in [1.29, 1.82) is 0 Å². The molecule has 2 aliphatic heterocycles. The Balaban J connectivity index is 1.85. The lowest BCUT2D eigenvalue weighted by molar-refractivity contribution is 0.0407. The number of ether oxygens (including phenoxy) is 3. The van der Waals surface area contributed by atoms with Gasteiger partial charge in [-0.1, -0.05) is 46.1 Å². The van der Waals surface area contributed by atoms with Crippen molar-refractivity contribution in [3.8, 4) is 0 Å². The molecule has 0 bridgehead atoms. The van der Waals surface area contributed by atoms with Gasteiger partial charge in [0.05, 0.1) is 37.3 Å². The highest BCUT2D eigenvalue weighted by Gasteiger charge is 2.40. The van der Waals surface area contributed by atoms with Crippen LogP contribution in [0.5, 0.6) is 0 Å². The van der Waals surface area contributed by atoms with Crippen molar-refractivity contribution >= 4 is 0 Å². The lowest BCUT2D eigenvalue weighted by atomic mass is 9.81. The highest BCUT2D eigenvalue weighted by atomic mass is 16.5. The number of piperazine rings is 1. The maximum Gasteiger partial charge on any atom is 0.117 e. The number of aliphatic hydroxyl groups is 1. The van der Waals surface area contributed by atoms with E-state index in [0.717, 1.165) is 29.3 Å². The third-order valence-electron chi connectivity index (χ3n) is 6.12. The number of aliphatic hydroxyl groups excluding tert-OH is 1. The van der Waals surface area contributed by atoms with E-state index >= 15 is 0 Å². The first-order valence-corrected chi connectivity index (χ1v) is 11.4. The van der Waals surface area contributed by atoms with Crippen molar-refractivity contribution in [1.82, 2.24) is 9.80 Å². The number of hydrogen-bond donors (Lipinski definition) is 1. The fraction of sp³-hybridized carbons (Fsp3) is 0.481. The van der Waals surface area contributed by atoms with Gasteiger partial charge < -0.3 is 29.1 Å². The van der Waals surface area contributed by atoms with Gasteiger partial charge in [0.15, 0.2) is 0 Å². The zero-order valence-electron chi connectivity index (χ0n) is 20.7. The number of nitrogens with zero attached hydrogens (tertiary/aromatic N) is 2. The van der Waals surface area contributed by atoms with Crippen LogP contribution in [0.4, 0.5) is 0 Å². The van der Waals surface area contributed by atoms with Crippen molar-refractivity contribution in [2.75, 3.05) is 47.1 Å². The highest BCUT2D eigenvalue weighted by Crippen LogP contribution is 2.42. The lowest BCUT2D eigenvalue weighted by Crippen LogP contribution is -2.53. The van der Waals surface area contributed by atoms with Crippen LogP contribution in [0.15, 0.2) is 83.3 Å². The van der Waals surface area contributed by atoms with E-state index in [0.29, 0.717) is 38.4 Å². The first-order chi connectivity index (χ1) is 15.6. The minimum absolute atomic E-state index is 0.0278. The van der Waals surface area contributed by atoms with Crippen molar-refractivity contribution in [2.45, 2.75) is 33.2 Å². The Morgan fingerprint density at radius 3 is 2.61 bits per heavy atom. The maximum absolute atomic E-state index is 10.1. The molecule has 2 heterocycles. The third kappa shape index (κ3) is 5.81. The van der Waals surface area contributed by atoms with Gasteiger partial charge in [0, 0.05) is 38.9 Å². The van der Waals surface area contributed by atoms with Gasteiger partial charge in [-0.2, -0.15) is 0 Å². The molecule has 0 aromatic heterocycles. The Labute approximate surface area is 198 Å².